The molecular weight excluding hydrogens is 188 g/mol. The van der Waals surface area contributed by atoms with E-state index in [2.05, 4.69) is 52.1 Å². The minimum Gasteiger partial charge on any atom is -0.148 e. The lowest BCUT2D eigenvalue weighted by Crippen LogP contribution is -2.25. The van der Waals surface area contributed by atoms with Crippen molar-refractivity contribution in [2.75, 3.05) is 0 Å². The summed E-state index contributed by atoms with van der Waals surface area (Å²) in [7, 11) is 0. The Morgan fingerprint density at radius 3 is 2.29 bits per heavy atom. The normalized spacial score (nSPS) is 13.2. The SMILES string of the molecule is CCC(C)(C)CC(C)(C)c1cccs1. The van der Waals surface area contributed by atoms with Gasteiger partial charge in [0.1, 0.15) is 0 Å². The molecule has 0 aromatic carbocycles. The molecule has 0 atom stereocenters. The summed E-state index contributed by atoms with van der Waals surface area (Å²) < 4.78 is 0. The molecular formula is C13H22S. The third kappa shape index (κ3) is 2.84. The van der Waals surface area contributed by atoms with Gasteiger partial charge in [-0.1, -0.05) is 47.1 Å². The van der Waals surface area contributed by atoms with Crippen LogP contribution in [0, 0.1) is 5.41 Å². The summed E-state index contributed by atoms with van der Waals surface area (Å²) in [4.78, 5) is 1.51. The Labute approximate surface area is 92.4 Å². The zero-order chi connectivity index (χ0) is 10.8. The average molecular weight is 210 g/mol. The van der Waals surface area contributed by atoms with E-state index in [1.54, 1.807) is 0 Å². The summed E-state index contributed by atoms with van der Waals surface area (Å²) in [6, 6.07) is 4.41. The van der Waals surface area contributed by atoms with Crippen molar-refractivity contribution in [1.29, 1.82) is 0 Å². The van der Waals surface area contributed by atoms with Gasteiger partial charge in [0, 0.05) is 4.88 Å². The van der Waals surface area contributed by atoms with Crippen molar-refractivity contribution in [3.05, 3.63) is 22.4 Å². The van der Waals surface area contributed by atoms with Crippen LogP contribution in [0.2, 0.25) is 0 Å². The fourth-order valence-corrected chi connectivity index (χ4v) is 2.92. The van der Waals surface area contributed by atoms with Crippen LogP contribution in [0.25, 0.3) is 0 Å². The van der Waals surface area contributed by atoms with Crippen molar-refractivity contribution in [1.82, 2.24) is 0 Å². The molecule has 0 radical (unpaired) electrons. The quantitative estimate of drug-likeness (QED) is 0.666. The van der Waals surface area contributed by atoms with Crippen molar-refractivity contribution in [3.63, 3.8) is 0 Å². The first-order chi connectivity index (χ1) is 6.37. The first-order valence-electron chi connectivity index (χ1n) is 5.41. The second kappa shape index (κ2) is 4.06. The van der Waals surface area contributed by atoms with Crippen LogP contribution in [0.1, 0.15) is 52.3 Å². The molecule has 0 unspecified atom stereocenters. The number of thiophene rings is 1. The van der Waals surface area contributed by atoms with E-state index < -0.39 is 0 Å². The van der Waals surface area contributed by atoms with Crippen LogP contribution in [-0.4, -0.2) is 0 Å². The molecule has 14 heavy (non-hydrogen) atoms. The van der Waals surface area contributed by atoms with Crippen LogP contribution < -0.4 is 0 Å². The summed E-state index contributed by atoms with van der Waals surface area (Å²) in [5.74, 6) is 0. The molecule has 0 N–H and O–H groups in total. The molecule has 0 fully saturated rings. The molecule has 80 valence electrons. The average Bonchev–Trinajstić information content (AvgIpc) is 2.54. The molecule has 1 heterocycles. The summed E-state index contributed by atoms with van der Waals surface area (Å²) in [5.41, 5.74) is 0.779. The van der Waals surface area contributed by atoms with Crippen molar-refractivity contribution >= 4 is 11.3 Å². The topological polar surface area (TPSA) is 0 Å². The van der Waals surface area contributed by atoms with Crippen LogP contribution in [-0.2, 0) is 5.41 Å². The highest BCUT2D eigenvalue weighted by Crippen LogP contribution is 2.39. The van der Waals surface area contributed by atoms with Gasteiger partial charge in [-0.15, -0.1) is 11.3 Å². The largest absolute Gasteiger partial charge is 0.148 e. The molecule has 1 heteroatoms. The first kappa shape index (κ1) is 11.8. The highest BCUT2D eigenvalue weighted by Gasteiger charge is 2.29. The molecule has 0 aliphatic rings. The molecule has 1 rings (SSSR count). The summed E-state index contributed by atoms with van der Waals surface area (Å²) in [5, 5.41) is 2.18. The van der Waals surface area contributed by atoms with E-state index in [-0.39, 0.29) is 0 Å². The summed E-state index contributed by atoms with van der Waals surface area (Å²) in [6.45, 7) is 11.7. The molecule has 0 aliphatic heterocycles. The second-order valence-corrected chi connectivity index (χ2v) is 6.50. The Morgan fingerprint density at radius 1 is 1.21 bits per heavy atom. The van der Waals surface area contributed by atoms with Crippen molar-refractivity contribution in [3.8, 4) is 0 Å². The minimum absolute atomic E-state index is 0.327. The highest BCUT2D eigenvalue weighted by atomic mass is 32.1. The molecule has 0 saturated carbocycles. The summed E-state index contributed by atoms with van der Waals surface area (Å²) in [6.07, 6.45) is 2.51. The predicted octanol–water partition coefficient (Wildman–Crippen LogP) is 4.85. The number of hydrogen-bond donors (Lipinski definition) is 0. The van der Waals surface area contributed by atoms with E-state index >= 15 is 0 Å². The summed E-state index contributed by atoms with van der Waals surface area (Å²) >= 11 is 1.88. The van der Waals surface area contributed by atoms with Crippen LogP contribution >= 0.6 is 11.3 Å². The van der Waals surface area contributed by atoms with Crippen molar-refractivity contribution < 1.29 is 0 Å². The smallest absolute Gasteiger partial charge is 0.0102 e. The zero-order valence-electron chi connectivity index (χ0n) is 10.1. The monoisotopic (exact) mass is 210 g/mol. The van der Waals surface area contributed by atoms with Gasteiger partial charge in [-0.05, 0) is 28.7 Å². The van der Waals surface area contributed by atoms with Crippen LogP contribution in [0.4, 0.5) is 0 Å². The standard InChI is InChI=1S/C13H22S/c1-6-12(2,3)10-13(4,5)11-8-7-9-14-11/h7-9H,6,10H2,1-5H3. The fraction of sp³-hybridized carbons (Fsp3) is 0.692. The third-order valence-corrected chi connectivity index (χ3v) is 4.30. The van der Waals surface area contributed by atoms with Crippen LogP contribution in [0.15, 0.2) is 17.5 Å². The van der Waals surface area contributed by atoms with E-state index in [1.165, 1.54) is 17.7 Å². The lowest BCUT2D eigenvalue weighted by Gasteiger charge is -2.33. The Morgan fingerprint density at radius 2 is 1.86 bits per heavy atom. The predicted molar refractivity (Wildman–Crippen MR) is 66.0 cm³/mol. The maximum Gasteiger partial charge on any atom is 0.0102 e. The molecule has 0 spiro atoms. The van der Waals surface area contributed by atoms with Gasteiger partial charge in [-0.2, -0.15) is 0 Å². The van der Waals surface area contributed by atoms with Crippen LogP contribution in [0.5, 0.6) is 0 Å². The molecule has 0 nitrogen and oxygen atoms in total. The van der Waals surface area contributed by atoms with Gasteiger partial charge in [0.25, 0.3) is 0 Å². The van der Waals surface area contributed by atoms with E-state index in [9.17, 15) is 0 Å². The van der Waals surface area contributed by atoms with E-state index in [0.29, 0.717) is 10.8 Å². The van der Waals surface area contributed by atoms with Crippen molar-refractivity contribution in [2.45, 2.75) is 52.9 Å². The van der Waals surface area contributed by atoms with E-state index in [1.807, 2.05) is 11.3 Å². The molecule has 1 aromatic heterocycles. The molecule has 0 saturated heterocycles. The van der Waals surface area contributed by atoms with Gasteiger partial charge in [0.2, 0.25) is 0 Å². The van der Waals surface area contributed by atoms with Gasteiger partial charge in [-0.3, -0.25) is 0 Å². The Hall–Kier alpha value is -0.300. The number of hydrogen-bond acceptors (Lipinski definition) is 1. The van der Waals surface area contributed by atoms with E-state index in [4.69, 9.17) is 0 Å². The minimum atomic E-state index is 0.327. The zero-order valence-corrected chi connectivity index (χ0v) is 10.9. The Kier molecular flexibility index (Phi) is 3.41. The molecule has 0 amide bonds. The van der Waals surface area contributed by atoms with E-state index in [0.717, 1.165) is 0 Å². The van der Waals surface area contributed by atoms with Gasteiger partial charge < -0.3 is 0 Å². The number of rotatable bonds is 4. The molecule has 1 aromatic rings. The third-order valence-electron chi connectivity index (χ3n) is 3.07. The van der Waals surface area contributed by atoms with Gasteiger partial charge in [-0.25, -0.2) is 0 Å². The van der Waals surface area contributed by atoms with Crippen LogP contribution in [0.3, 0.4) is 0 Å². The Bertz CT molecular complexity index is 267. The maximum absolute atomic E-state index is 2.36. The van der Waals surface area contributed by atoms with Crippen molar-refractivity contribution in [2.24, 2.45) is 5.41 Å². The highest BCUT2D eigenvalue weighted by molar-refractivity contribution is 7.10. The molecule has 0 aliphatic carbocycles. The molecule has 0 bridgehead atoms. The second-order valence-electron chi connectivity index (χ2n) is 5.56. The maximum atomic E-state index is 2.36. The van der Waals surface area contributed by atoms with Gasteiger partial charge in [0.05, 0.1) is 0 Å². The Balaban J connectivity index is 2.77. The lowest BCUT2D eigenvalue weighted by molar-refractivity contribution is 0.251. The lowest BCUT2D eigenvalue weighted by atomic mass is 9.73. The van der Waals surface area contributed by atoms with Gasteiger partial charge >= 0.3 is 0 Å². The van der Waals surface area contributed by atoms with Gasteiger partial charge in [0.15, 0.2) is 0 Å². The first-order valence-corrected chi connectivity index (χ1v) is 6.29. The fourth-order valence-electron chi connectivity index (χ4n) is 2.07.